The Balaban J connectivity index is 2.11. The zero-order chi connectivity index (χ0) is 19.3. The molecule has 2 rings (SSSR count). The van der Waals surface area contributed by atoms with Crippen molar-refractivity contribution in [3.8, 4) is 5.75 Å². The Morgan fingerprint density at radius 1 is 1.19 bits per heavy atom. The molecule has 5 nitrogen and oxygen atoms in total. The second-order valence-electron chi connectivity index (χ2n) is 6.34. The number of ether oxygens (including phenoxy) is 1. The van der Waals surface area contributed by atoms with Crippen molar-refractivity contribution < 1.29 is 23.8 Å². The zero-order valence-electron chi connectivity index (χ0n) is 15.0. The van der Waals surface area contributed by atoms with Gasteiger partial charge in [-0.2, -0.15) is 0 Å². The van der Waals surface area contributed by atoms with Crippen LogP contribution in [-0.2, 0) is 16.0 Å². The first-order chi connectivity index (χ1) is 12.3. The van der Waals surface area contributed by atoms with Crippen LogP contribution in [0.5, 0.6) is 5.75 Å². The van der Waals surface area contributed by atoms with Gasteiger partial charge in [0.15, 0.2) is 6.04 Å². The number of hydrogen-bond acceptors (Lipinski definition) is 3. The van der Waals surface area contributed by atoms with Gasteiger partial charge < -0.3 is 15.2 Å². The van der Waals surface area contributed by atoms with E-state index in [4.69, 9.17) is 4.74 Å². The summed E-state index contributed by atoms with van der Waals surface area (Å²) in [5, 5.41) is 11.9. The first-order valence-corrected chi connectivity index (χ1v) is 8.30. The van der Waals surface area contributed by atoms with Gasteiger partial charge in [0.1, 0.15) is 11.6 Å². The van der Waals surface area contributed by atoms with Crippen LogP contribution >= 0.6 is 0 Å². The molecule has 0 spiro atoms. The molecule has 2 N–H and O–H groups in total. The van der Waals surface area contributed by atoms with Crippen LogP contribution in [0.3, 0.4) is 0 Å². The number of hydrogen-bond donors (Lipinski definition) is 2. The third-order valence-electron chi connectivity index (χ3n) is 3.70. The summed E-state index contributed by atoms with van der Waals surface area (Å²) in [5.41, 5.74) is 1.35. The van der Waals surface area contributed by atoms with Gasteiger partial charge in [-0.15, -0.1) is 0 Å². The lowest BCUT2D eigenvalue weighted by molar-refractivity contribution is -0.142. The minimum absolute atomic E-state index is 0.0113. The molecule has 0 bridgehead atoms. The van der Waals surface area contributed by atoms with E-state index < -0.39 is 23.7 Å². The van der Waals surface area contributed by atoms with Crippen LogP contribution in [0, 0.1) is 12.7 Å². The molecule has 0 saturated carbocycles. The van der Waals surface area contributed by atoms with E-state index >= 15 is 0 Å². The number of carboxylic acids is 1. The number of carbonyl (C=O) groups is 2. The van der Waals surface area contributed by atoms with Gasteiger partial charge in [0.05, 0.1) is 12.5 Å². The summed E-state index contributed by atoms with van der Waals surface area (Å²) >= 11 is 0. The number of benzene rings is 2. The Bertz CT molecular complexity index is 804. The number of carboxylic acid groups (broad SMARTS) is 1. The zero-order valence-corrected chi connectivity index (χ0v) is 15.0. The van der Waals surface area contributed by atoms with Crippen molar-refractivity contribution in [2.75, 3.05) is 0 Å². The van der Waals surface area contributed by atoms with E-state index in [1.165, 1.54) is 18.2 Å². The summed E-state index contributed by atoms with van der Waals surface area (Å²) in [7, 11) is 0. The van der Waals surface area contributed by atoms with Crippen molar-refractivity contribution in [2.24, 2.45) is 0 Å². The van der Waals surface area contributed by atoms with Crippen molar-refractivity contribution >= 4 is 11.9 Å². The molecule has 0 saturated heterocycles. The summed E-state index contributed by atoms with van der Waals surface area (Å²) in [5.74, 6) is -1.43. The van der Waals surface area contributed by atoms with Gasteiger partial charge >= 0.3 is 5.97 Å². The van der Waals surface area contributed by atoms with Crippen LogP contribution in [0.2, 0.25) is 0 Å². The van der Waals surface area contributed by atoms with Gasteiger partial charge in [0.2, 0.25) is 5.91 Å². The summed E-state index contributed by atoms with van der Waals surface area (Å²) in [6, 6.07) is 9.82. The standard InChI is InChI=1S/C20H22FNO4/c1-12(2)26-16-6-4-5-14(10-16)11-18(23)22-19(20(24)25)15-7-8-17(21)13(3)9-15/h4-10,12,19H,11H2,1-3H3,(H,22,23)(H,24,25). The molecule has 0 radical (unpaired) electrons. The highest BCUT2D eigenvalue weighted by molar-refractivity contribution is 5.85. The van der Waals surface area contributed by atoms with E-state index in [2.05, 4.69) is 5.32 Å². The Morgan fingerprint density at radius 2 is 1.92 bits per heavy atom. The fraction of sp³-hybridized carbons (Fsp3) is 0.300. The predicted octanol–water partition coefficient (Wildman–Crippen LogP) is 3.41. The third kappa shape index (κ3) is 5.31. The van der Waals surface area contributed by atoms with E-state index in [1.807, 2.05) is 13.8 Å². The maximum atomic E-state index is 13.4. The fourth-order valence-corrected chi connectivity index (χ4v) is 2.53. The topological polar surface area (TPSA) is 75.6 Å². The maximum Gasteiger partial charge on any atom is 0.330 e. The van der Waals surface area contributed by atoms with Gasteiger partial charge in [-0.25, -0.2) is 9.18 Å². The molecule has 2 aromatic carbocycles. The van der Waals surface area contributed by atoms with Gasteiger partial charge in [0, 0.05) is 0 Å². The van der Waals surface area contributed by atoms with Crippen LogP contribution in [0.15, 0.2) is 42.5 Å². The lowest BCUT2D eigenvalue weighted by atomic mass is 10.0. The summed E-state index contributed by atoms with van der Waals surface area (Å²) in [6.45, 7) is 5.35. The normalized spacial score (nSPS) is 11.9. The monoisotopic (exact) mass is 359 g/mol. The summed E-state index contributed by atoms with van der Waals surface area (Å²) in [4.78, 5) is 23.8. The number of halogens is 1. The van der Waals surface area contributed by atoms with Gasteiger partial charge in [-0.3, -0.25) is 4.79 Å². The van der Waals surface area contributed by atoms with E-state index in [1.54, 1.807) is 31.2 Å². The molecule has 0 fully saturated rings. The second kappa shape index (κ2) is 8.47. The van der Waals surface area contributed by atoms with Crippen LogP contribution < -0.4 is 10.1 Å². The SMILES string of the molecule is Cc1cc(C(NC(=O)Cc2cccc(OC(C)C)c2)C(=O)O)ccc1F. The molecular formula is C20H22FNO4. The van der Waals surface area contributed by atoms with Crippen molar-refractivity contribution in [1.29, 1.82) is 0 Å². The van der Waals surface area contributed by atoms with E-state index in [0.717, 1.165) is 0 Å². The highest BCUT2D eigenvalue weighted by atomic mass is 19.1. The minimum Gasteiger partial charge on any atom is -0.491 e. The Labute approximate surface area is 151 Å². The minimum atomic E-state index is -1.24. The van der Waals surface area contributed by atoms with Crippen molar-refractivity contribution in [1.82, 2.24) is 5.32 Å². The molecule has 0 aliphatic carbocycles. The van der Waals surface area contributed by atoms with Gasteiger partial charge in [-0.05, 0) is 55.7 Å². The van der Waals surface area contributed by atoms with Crippen LogP contribution in [0.1, 0.15) is 36.6 Å². The Morgan fingerprint density at radius 3 is 2.54 bits per heavy atom. The molecule has 1 amide bonds. The van der Waals surface area contributed by atoms with Gasteiger partial charge in [-0.1, -0.05) is 24.3 Å². The quantitative estimate of drug-likeness (QED) is 0.794. The molecule has 0 aromatic heterocycles. The van der Waals surface area contributed by atoms with Crippen LogP contribution in [0.4, 0.5) is 4.39 Å². The number of aryl methyl sites for hydroxylation is 1. The fourth-order valence-electron chi connectivity index (χ4n) is 2.53. The molecule has 138 valence electrons. The van der Waals surface area contributed by atoms with Crippen molar-refractivity contribution in [3.63, 3.8) is 0 Å². The average molecular weight is 359 g/mol. The third-order valence-corrected chi connectivity index (χ3v) is 3.70. The molecule has 1 unspecified atom stereocenters. The Hall–Kier alpha value is -2.89. The molecule has 6 heteroatoms. The van der Waals surface area contributed by atoms with Crippen LogP contribution in [-0.4, -0.2) is 23.1 Å². The molecule has 2 aromatic rings. The molecule has 0 aliphatic rings. The molecule has 1 atom stereocenters. The number of nitrogens with one attached hydrogen (secondary N) is 1. The number of rotatable bonds is 7. The largest absolute Gasteiger partial charge is 0.491 e. The van der Waals surface area contributed by atoms with Gasteiger partial charge in [0.25, 0.3) is 0 Å². The number of aliphatic carboxylic acids is 1. The summed E-state index contributed by atoms with van der Waals surface area (Å²) in [6.07, 6.45) is 0.0244. The second-order valence-corrected chi connectivity index (χ2v) is 6.34. The number of carbonyl (C=O) groups excluding carboxylic acids is 1. The molecule has 0 heterocycles. The van der Waals surface area contributed by atoms with Crippen molar-refractivity contribution in [3.05, 3.63) is 65.0 Å². The highest BCUT2D eigenvalue weighted by Crippen LogP contribution is 2.19. The van der Waals surface area contributed by atoms with Crippen LogP contribution in [0.25, 0.3) is 0 Å². The average Bonchev–Trinajstić information content (AvgIpc) is 2.55. The molecule has 0 aliphatic heterocycles. The van der Waals surface area contributed by atoms with Crippen molar-refractivity contribution in [2.45, 2.75) is 39.3 Å². The first kappa shape index (κ1) is 19.4. The smallest absolute Gasteiger partial charge is 0.330 e. The molecule has 26 heavy (non-hydrogen) atoms. The van der Waals surface area contributed by atoms with E-state index in [-0.39, 0.29) is 12.5 Å². The van der Waals surface area contributed by atoms with E-state index in [0.29, 0.717) is 22.4 Å². The van der Waals surface area contributed by atoms with E-state index in [9.17, 15) is 19.1 Å². The lowest BCUT2D eigenvalue weighted by Gasteiger charge is -2.16. The highest BCUT2D eigenvalue weighted by Gasteiger charge is 2.22. The maximum absolute atomic E-state index is 13.4. The molecular weight excluding hydrogens is 337 g/mol. The first-order valence-electron chi connectivity index (χ1n) is 8.30. The summed E-state index contributed by atoms with van der Waals surface area (Å²) < 4.78 is 19.0. The Kier molecular flexibility index (Phi) is 6.33. The number of amides is 1. The predicted molar refractivity (Wildman–Crippen MR) is 95.6 cm³/mol. The lowest BCUT2D eigenvalue weighted by Crippen LogP contribution is -2.34.